The van der Waals surface area contributed by atoms with Crippen LogP contribution in [0.1, 0.15) is 50.9 Å². The minimum absolute atomic E-state index is 0.00490. The minimum atomic E-state index is -2.75. The van der Waals surface area contributed by atoms with Crippen molar-refractivity contribution in [1.82, 2.24) is 35.0 Å². The number of aromatic nitrogens is 4. The smallest absolute Gasteiger partial charge is 0.250 e. The Balaban J connectivity index is 1.11. The quantitative estimate of drug-likeness (QED) is 0.364. The number of hydrazine groups is 2. The summed E-state index contributed by atoms with van der Waals surface area (Å²) in [5.41, 5.74) is 7.63. The van der Waals surface area contributed by atoms with Gasteiger partial charge in [0.15, 0.2) is 5.65 Å². The summed E-state index contributed by atoms with van der Waals surface area (Å²) in [7, 11) is 0. The molecule has 3 fully saturated rings. The third kappa shape index (κ3) is 5.77. The average molecular weight is 593 g/mol. The molecule has 1 aliphatic carbocycles. The van der Waals surface area contributed by atoms with E-state index in [1.165, 1.54) is 12.1 Å². The molecule has 9 nitrogen and oxygen atoms in total. The average Bonchev–Trinajstić information content (AvgIpc) is 3.53. The summed E-state index contributed by atoms with van der Waals surface area (Å²) in [6, 6.07) is 4.57. The zero-order valence-electron chi connectivity index (χ0n) is 23.5. The Bertz CT molecular complexity index is 1410. The zero-order valence-corrected chi connectivity index (χ0v) is 24.3. The van der Waals surface area contributed by atoms with Crippen LogP contribution in [0.4, 0.5) is 19.1 Å². The van der Waals surface area contributed by atoms with Gasteiger partial charge >= 0.3 is 0 Å². The third-order valence-electron chi connectivity index (χ3n) is 8.75. The summed E-state index contributed by atoms with van der Waals surface area (Å²) in [5.74, 6) is -2.03. The van der Waals surface area contributed by atoms with Crippen LogP contribution in [0.5, 0.6) is 0 Å². The molecule has 1 saturated carbocycles. The molecule has 0 bridgehead atoms. The lowest BCUT2D eigenvalue weighted by molar-refractivity contribution is -0.140. The van der Waals surface area contributed by atoms with E-state index in [1.807, 2.05) is 6.92 Å². The Hall–Kier alpha value is -2.51. The molecule has 3 aromatic rings. The van der Waals surface area contributed by atoms with Gasteiger partial charge in [0.25, 0.3) is 0 Å². The second-order valence-corrected chi connectivity index (χ2v) is 12.3. The van der Waals surface area contributed by atoms with Crippen LogP contribution in [0, 0.1) is 12.7 Å². The largest absolute Gasteiger partial charge is 0.376 e. The molecule has 0 radical (unpaired) electrons. The van der Waals surface area contributed by atoms with Crippen LogP contribution >= 0.6 is 11.6 Å². The molecular formula is C28H36ClF3N8O. The van der Waals surface area contributed by atoms with Gasteiger partial charge < -0.3 is 9.30 Å². The van der Waals surface area contributed by atoms with Crippen molar-refractivity contribution in [2.45, 2.75) is 82.5 Å². The van der Waals surface area contributed by atoms with Crippen molar-refractivity contribution in [2.24, 2.45) is 0 Å². The molecule has 41 heavy (non-hydrogen) atoms. The fourth-order valence-corrected chi connectivity index (χ4v) is 6.68. The first-order chi connectivity index (χ1) is 19.5. The highest BCUT2D eigenvalue weighted by atomic mass is 35.5. The molecule has 4 heterocycles. The number of ether oxygens (including phenoxy) is 1. The monoisotopic (exact) mass is 592 g/mol. The lowest BCUT2D eigenvalue weighted by atomic mass is 9.61. The maximum absolute atomic E-state index is 14.3. The summed E-state index contributed by atoms with van der Waals surface area (Å²) >= 11 is 5.87. The Morgan fingerprint density at radius 1 is 1.15 bits per heavy atom. The van der Waals surface area contributed by atoms with Gasteiger partial charge in [0.1, 0.15) is 17.2 Å². The van der Waals surface area contributed by atoms with Crippen molar-refractivity contribution in [2.75, 3.05) is 31.7 Å². The first kappa shape index (κ1) is 28.6. The number of rotatable bonds is 8. The Morgan fingerprint density at radius 3 is 2.66 bits per heavy atom. The summed E-state index contributed by atoms with van der Waals surface area (Å²) in [5, 5.41) is 2.06. The predicted molar refractivity (Wildman–Crippen MR) is 150 cm³/mol. The van der Waals surface area contributed by atoms with Crippen LogP contribution in [0.15, 0.2) is 24.4 Å². The van der Waals surface area contributed by atoms with Crippen LogP contribution in [-0.4, -0.2) is 79.8 Å². The number of hydrogen-bond donors (Lipinski definition) is 2. The van der Waals surface area contributed by atoms with E-state index >= 15 is 0 Å². The second kappa shape index (κ2) is 11.0. The number of fused-ring (bicyclic) bond motifs is 1. The number of imidazole rings is 1. The molecule has 3 atom stereocenters. The Labute approximate surface area is 242 Å². The van der Waals surface area contributed by atoms with Gasteiger partial charge in [0, 0.05) is 56.6 Å². The van der Waals surface area contributed by atoms with E-state index in [4.69, 9.17) is 21.3 Å². The fourth-order valence-electron chi connectivity index (χ4n) is 6.56. The molecule has 2 aliphatic heterocycles. The van der Waals surface area contributed by atoms with Crippen LogP contribution in [-0.2, 0) is 16.7 Å². The maximum atomic E-state index is 14.3. The summed E-state index contributed by atoms with van der Waals surface area (Å²) in [6.07, 6.45) is 3.37. The summed E-state index contributed by atoms with van der Waals surface area (Å²) in [4.78, 5) is 16.0. The SMILES string of the molecule is Cc1nc2cnc(NNN3C[C@@H](C)N(CC4(c5ccc(Cl)c(F)c5)CC(F)(F)C4)C[C@@H]3C)nc2n1C[C@@H]1CCCO1. The van der Waals surface area contributed by atoms with Gasteiger partial charge in [-0.15, -0.1) is 0 Å². The van der Waals surface area contributed by atoms with E-state index in [0.29, 0.717) is 37.7 Å². The first-order valence-corrected chi connectivity index (χ1v) is 14.6. The molecule has 222 valence electrons. The molecule has 3 aliphatic rings. The van der Waals surface area contributed by atoms with E-state index in [-0.39, 0.29) is 36.1 Å². The minimum Gasteiger partial charge on any atom is -0.376 e. The topological polar surface area (TPSA) is 83.4 Å². The molecule has 1 aromatic carbocycles. The number of aryl methyl sites for hydroxylation is 1. The second-order valence-electron chi connectivity index (χ2n) is 11.9. The van der Waals surface area contributed by atoms with Crippen molar-refractivity contribution in [1.29, 1.82) is 0 Å². The maximum Gasteiger partial charge on any atom is 0.250 e. The van der Waals surface area contributed by atoms with Gasteiger partial charge in [0.05, 0.1) is 23.9 Å². The van der Waals surface area contributed by atoms with Crippen molar-refractivity contribution in [3.8, 4) is 0 Å². The third-order valence-corrected chi connectivity index (χ3v) is 9.05. The van der Waals surface area contributed by atoms with Gasteiger partial charge in [0.2, 0.25) is 11.9 Å². The molecule has 2 aromatic heterocycles. The number of piperazine rings is 1. The van der Waals surface area contributed by atoms with Crippen molar-refractivity contribution in [3.63, 3.8) is 0 Å². The first-order valence-electron chi connectivity index (χ1n) is 14.2. The number of hydrogen-bond acceptors (Lipinski definition) is 8. The number of benzene rings is 1. The molecule has 0 amide bonds. The van der Waals surface area contributed by atoms with Crippen LogP contribution in [0.25, 0.3) is 11.2 Å². The molecule has 0 unspecified atom stereocenters. The van der Waals surface area contributed by atoms with Crippen LogP contribution < -0.4 is 11.0 Å². The molecule has 6 rings (SSSR count). The van der Waals surface area contributed by atoms with Gasteiger partial charge in [-0.1, -0.05) is 17.7 Å². The highest BCUT2D eigenvalue weighted by molar-refractivity contribution is 6.30. The highest BCUT2D eigenvalue weighted by Crippen LogP contribution is 2.54. The molecule has 0 spiro atoms. The fraction of sp³-hybridized carbons (Fsp3) is 0.607. The summed E-state index contributed by atoms with van der Waals surface area (Å²) in [6.45, 7) is 9.30. The highest BCUT2D eigenvalue weighted by Gasteiger charge is 2.58. The van der Waals surface area contributed by atoms with Crippen molar-refractivity contribution in [3.05, 3.63) is 46.6 Å². The number of anilines is 1. The van der Waals surface area contributed by atoms with E-state index in [0.717, 1.165) is 36.4 Å². The summed E-state index contributed by atoms with van der Waals surface area (Å²) < 4.78 is 50.5. The van der Waals surface area contributed by atoms with Gasteiger partial charge in [-0.05, 0) is 51.3 Å². The number of nitrogens with one attached hydrogen (secondary N) is 2. The lowest BCUT2D eigenvalue weighted by Gasteiger charge is -2.53. The van der Waals surface area contributed by atoms with E-state index in [2.05, 4.69) is 49.3 Å². The van der Waals surface area contributed by atoms with Gasteiger partial charge in [-0.3, -0.25) is 10.3 Å². The molecule has 2 N–H and O–H groups in total. The normalized spacial score (nSPS) is 26.4. The molecule has 2 saturated heterocycles. The van der Waals surface area contributed by atoms with Gasteiger partial charge in [-0.25, -0.2) is 28.1 Å². The Morgan fingerprint density at radius 2 is 1.95 bits per heavy atom. The van der Waals surface area contributed by atoms with Gasteiger partial charge in [-0.2, -0.15) is 10.5 Å². The number of halogens is 4. The van der Waals surface area contributed by atoms with E-state index in [9.17, 15) is 13.2 Å². The standard InChI is InChI=1S/C28H36ClF3N8O/c1-17-12-40(37-36-26-33-10-24-25(35-26)39(19(3)34-24)13-21-5-4-8-41-21)18(2)11-38(17)16-27(14-28(31,32)15-27)20-6-7-22(29)23(30)9-20/h6-7,9-10,17-18,21,37H,4-5,8,11-16H2,1-3H3,(H,33,35,36)/t17-,18+,21+/m1/s1. The predicted octanol–water partition coefficient (Wildman–Crippen LogP) is 4.70. The van der Waals surface area contributed by atoms with Crippen LogP contribution in [0.2, 0.25) is 5.02 Å². The van der Waals surface area contributed by atoms with E-state index in [1.54, 1.807) is 12.3 Å². The lowest BCUT2D eigenvalue weighted by Crippen LogP contribution is -2.65. The zero-order chi connectivity index (χ0) is 28.9. The van der Waals surface area contributed by atoms with E-state index < -0.39 is 17.2 Å². The Kier molecular flexibility index (Phi) is 7.65. The number of alkyl halides is 2. The van der Waals surface area contributed by atoms with Crippen LogP contribution in [0.3, 0.4) is 0 Å². The molecular weight excluding hydrogens is 557 g/mol. The van der Waals surface area contributed by atoms with Crippen molar-refractivity contribution >= 4 is 28.7 Å². The molecule has 13 heteroatoms. The van der Waals surface area contributed by atoms with Crippen molar-refractivity contribution < 1.29 is 17.9 Å². The number of nitrogens with zero attached hydrogens (tertiary/aromatic N) is 6.